The number of carboxylic acid groups (broad SMARTS) is 1. The van der Waals surface area contributed by atoms with Gasteiger partial charge in [-0.05, 0) is 47.9 Å². The van der Waals surface area contributed by atoms with Crippen molar-refractivity contribution in [3.05, 3.63) is 72.1 Å². The molecule has 1 fully saturated rings. The van der Waals surface area contributed by atoms with Crippen LogP contribution in [0.5, 0.6) is 17.2 Å². The molecule has 9 heteroatoms. The number of aromatic nitrogens is 2. The van der Waals surface area contributed by atoms with Gasteiger partial charge in [0.15, 0.2) is 11.5 Å². The van der Waals surface area contributed by atoms with Crippen molar-refractivity contribution in [1.82, 2.24) is 14.9 Å². The molecule has 194 valence electrons. The van der Waals surface area contributed by atoms with Gasteiger partial charge >= 0.3 is 5.97 Å². The van der Waals surface area contributed by atoms with E-state index >= 15 is 0 Å². The van der Waals surface area contributed by atoms with Crippen molar-refractivity contribution in [3.8, 4) is 17.2 Å². The van der Waals surface area contributed by atoms with E-state index in [9.17, 15) is 9.90 Å². The zero-order chi connectivity index (χ0) is 25.8. The number of benzene rings is 2. The highest BCUT2D eigenvalue weighted by Gasteiger charge is 2.47. The van der Waals surface area contributed by atoms with Gasteiger partial charge in [0.2, 0.25) is 12.7 Å². The molecule has 1 aromatic heterocycles. The molecular weight excluding hydrogens is 472 g/mol. The maximum absolute atomic E-state index is 12.8. The van der Waals surface area contributed by atoms with Crippen LogP contribution in [0.1, 0.15) is 36.4 Å². The topological polar surface area (TPSA) is 97.3 Å². The molecule has 3 heterocycles. The van der Waals surface area contributed by atoms with Crippen LogP contribution in [-0.2, 0) is 4.79 Å². The number of nitrogens with zero attached hydrogens (tertiary/aromatic N) is 4. The summed E-state index contributed by atoms with van der Waals surface area (Å²) >= 11 is 0. The van der Waals surface area contributed by atoms with Gasteiger partial charge in [-0.25, -0.2) is 9.97 Å². The molecule has 3 atom stereocenters. The standard InChI is InChI=1S/C28H32N4O5/c1-3-13-31(28-29-11-4-12-30-28)14-15-32-17-22(20-7-10-23-24(16-20)37-18-36-23)25(27(33)34)26(32)19-5-8-21(35-2)9-6-19/h4-12,16,22,25-26H,3,13-15,17-18H2,1-2H3,(H,33,34)/t22-,25+,26-/m1/s1. The van der Waals surface area contributed by atoms with Crippen LogP contribution in [0.25, 0.3) is 0 Å². The van der Waals surface area contributed by atoms with Gasteiger partial charge in [-0.1, -0.05) is 25.1 Å². The number of rotatable bonds is 10. The minimum Gasteiger partial charge on any atom is -0.497 e. The van der Waals surface area contributed by atoms with E-state index in [1.54, 1.807) is 25.6 Å². The van der Waals surface area contributed by atoms with Crippen molar-refractivity contribution in [2.45, 2.75) is 25.3 Å². The van der Waals surface area contributed by atoms with Crippen LogP contribution >= 0.6 is 0 Å². The SMILES string of the molecule is CCCN(CCN1C[C@H](c2ccc3c(c2)OCO3)[C@H](C(=O)O)[C@H]1c1ccc(OC)cc1)c1ncccn1. The average molecular weight is 505 g/mol. The minimum atomic E-state index is -0.817. The third-order valence-electron chi connectivity index (χ3n) is 7.15. The summed E-state index contributed by atoms with van der Waals surface area (Å²) in [5.41, 5.74) is 1.89. The van der Waals surface area contributed by atoms with E-state index in [0.29, 0.717) is 37.1 Å². The fourth-order valence-corrected chi connectivity index (χ4v) is 5.43. The first-order valence-electron chi connectivity index (χ1n) is 12.6. The molecule has 37 heavy (non-hydrogen) atoms. The Balaban J connectivity index is 1.47. The molecule has 0 amide bonds. The van der Waals surface area contributed by atoms with Gasteiger partial charge in [-0.3, -0.25) is 9.69 Å². The molecule has 2 aliphatic heterocycles. The Hall–Kier alpha value is -3.85. The lowest BCUT2D eigenvalue weighted by molar-refractivity contribution is -0.143. The first kappa shape index (κ1) is 24.8. The second-order valence-electron chi connectivity index (χ2n) is 9.33. The largest absolute Gasteiger partial charge is 0.497 e. The average Bonchev–Trinajstić information content (AvgIpc) is 3.56. The molecule has 3 aromatic rings. The number of likely N-dealkylation sites (tertiary alicyclic amines) is 1. The number of anilines is 1. The number of carbonyl (C=O) groups is 1. The number of hydrogen-bond acceptors (Lipinski definition) is 8. The van der Waals surface area contributed by atoms with Gasteiger partial charge in [0, 0.05) is 50.5 Å². The van der Waals surface area contributed by atoms with Crippen LogP contribution in [0.3, 0.4) is 0 Å². The third kappa shape index (κ3) is 5.17. The van der Waals surface area contributed by atoms with Crippen molar-refractivity contribution < 1.29 is 24.1 Å². The minimum absolute atomic E-state index is 0.182. The Morgan fingerprint density at radius 1 is 1.08 bits per heavy atom. The fraction of sp³-hybridized carbons (Fsp3) is 0.393. The Labute approximate surface area is 216 Å². The monoisotopic (exact) mass is 504 g/mol. The van der Waals surface area contributed by atoms with Crippen molar-refractivity contribution in [2.75, 3.05) is 45.0 Å². The van der Waals surface area contributed by atoms with Crippen LogP contribution in [0.15, 0.2) is 60.9 Å². The zero-order valence-electron chi connectivity index (χ0n) is 21.1. The van der Waals surface area contributed by atoms with E-state index in [1.165, 1.54) is 0 Å². The molecule has 0 saturated carbocycles. The summed E-state index contributed by atoms with van der Waals surface area (Å²) in [7, 11) is 1.63. The van der Waals surface area contributed by atoms with Crippen molar-refractivity contribution >= 4 is 11.9 Å². The number of fused-ring (bicyclic) bond motifs is 1. The van der Waals surface area contributed by atoms with Crippen LogP contribution in [0.2, 0.25) is 0 Å². The van der Waals surface area contributed by atoms with E-state index in [-0.39, 0.29) is 18.8 Å². The van der Waals surface area contributed by atoms with Crippen molar-refractivity contribution in [2.24, 2.45) is 5.92 Å². The summed E-state index contributed by atoms with van der Waals surface area (Å²) in [6.45, 7) is 5.08. The van der Waals surface area contributed by atoms with Gasteiger partial charge in [0.1, 0.15) is 5.75 Å². The van der Waals surface area contributed by atoms with Gasteiger partial charge in [0.05, 0.1) is 13.0 Å². The number of ether oxygens (including phenoxy) is 3. The van der Waals surface area contributed by atoms with Crippen LogP contribution < -0.4 is 19.1 Å². The van der Waals surface area contributed by atoms with Crippen LogP contribution in [0.4, 0.5) is 5.95 Å². The Bertz CT molecular complexity index is 1210. The highest BCUT2D eigenvalue weighted by Crippen LogP contribution is 2.47. The molecule has 2 aliphatic rings. The molecular formula is C28H32N4O5. The zero-order valence-corrected chi connectivity index (χ0v) is 21.1. The summed E-state index contributed by atoms with van der Waals surface area (Å²) in [6, 6.07) is 15.0. The highest BCUT2D eigenvalue weighted by atomic mass is 16.7. The summed E-state index contributed by atoms with van der Waals surface area (Å²) in [4.78, 5) is 26.1. The molecule has 1 saturated heterocycles. The Morgan fingerprint density at radius 2 is 1.81 bits per heavy atom. The molecule has 0 aliphatic carbocycles. The Morgan fingerprint density at radius 3 is 2.51 bits per heavy atom. The molecule has 2 aromatic carbocycles. The normalized spacial score (nSPS) is 20.6. The predicted octanol–water partition coefficient (Wildman–Crippen LogP) is 3.97. The molecule has 5 rings (SSSR count). The molecule has 0 unspecified atom stereocenters. The maximum atomic E-state index is 12.8. The van der Waals surface area contributed by atoms with E-state index in [1.807, 2.05) is 42.5 Å². The summed E-state index contributed by atoms with van der Waals surface area (Å²) in [5, 5.41) is 10.5. The van der Waals surface area contributed by atoms with Gasteiger partial charge in [0.25, 0.3) is 0 Å². The molecule has 1 N–H and O–H groups in total. The fourth-order valence-electron chi connectivity index (χ4n) is 5.43. The Kier molecular flexibility index (Phi) is 7.41. The van der Waals surface area contributed by atoms with E-state index < -0.39 is 11.9 Å². The second-order valence-corrected chi connectivity index (χ2v) is 9.33. The first-order valence-corrected chi connectivity index (χ1v) is 12.6. The summed E-state index contributed by atoms with van der Waals surface area (Å²) in [6.07, 6.45) is 4.45. The quantitative estimate of drug-likeness (QED) is 0.440. The maximum Gasteiger partial charge on any atom is 0.309 e. The van der Waals surface area contributed by atoms with Gasteiger partial charge in [-0.15, -0.1) is 0 Å². The predicted molar refractivity (Wildman–Crippen MR) is 138 cm³/mol. The molecule has 0 bridgehead atoms. The number of aliphatic carboxylic acids is 1. The smallest absolute Gasteiger partial charge is 0.309 e. The lowest BCUT2D eigenvalue weighted by atomic mass is 9.82. The van der Waals surface area contributed by atoms with Crippen molar-refractivity contribution in [1.29, 1.82) is 0 Å². The highest BCUT2D eigenvalue weighted by molar-refractivity contribution is 5.74. The van der Waals surface area contributed by atoms with Gasteiger partial charge < -0.3 is 24.2 Å². The van der Waals surface area contributed by atoms with E-state index in [0.717, 1.165) is 29.8 Å². The number of hydrogen-bond donors (Lipinski definition) is 1. The lowest BCUT2D eigenvalue weighted by Crippen LogP contribution is -2.37. The van der Waals surface area contributed by atoms with E-state index in [2.05, 4.69) is 26.7 Å². The van der Waals surface area contributed by atoms with Crippen LogP contribution in [0, 0.1) is 5.92 Å². The van der Waals surface area contributed by atoms with Crippen molar-refractivity contribution in [3.63, 3.8) is 0 Å². The van der Waals surface area contributed by atoms with E-state index in [4.69, 9.17) is 14.2 Å². The third-order valence-corrected chi connectivity index (χ3v) is 7.15. The van der Waals surface area contributed by atoms with Gasteiger partial charge in [-0.2, -0.15) is 0 Å². The molecule has 9 nitrogen and oxygen atoms in total. The van der Waals surface area contributed by atoms with Crippen LogP contribution in [-0.4, -0.2) is 66.0 Å². The first-order chi connectivity index (χ1) is 18.1. The number of methoxy groups -OCH3 is 1. The molecule has 0 spiro atoms. The summed E-state index contributed by atoms with van der Waals surface area (Å²) in [5.74, 6) is 1.11. The second kappa shape index (κ2) is 11.0. The lowest BCUT2D eigenvalue weighted by Gasteiger charge is -2.30. The number of carboxylic acids is 1. The molecule has 0 radical (unpaired) electrons. The summed E-state index contributed by atoms with van der Waals surface area (Å²) < 4.78 is 16.4.